The Balaban J connectivity index is 0.00000144. The Morgan fingerprint density at radius 1 is 1.18 bits per heavy atom. The molecule has 2 rings (SSSR count). The summed E-state index contributed by atoms with van der Waals surface area (Å²) < 4.78 is 0. The summed E-state index contributed by atoms with van der Waals surface area (Å²) in [6.45, 7) is 0. The van der Waals surface area contributed by atoms with E-state index in [0.717, 1.165) is 12.8 Å². The van der Waals surface area contributed by atoms with Crippen LogP contribution >= 0.6 is 0 Å². The zero-order valence-electron chi connectivity index (χ0n) is 11.3. The topological polar surface area (TPSA) is 50.5 Å². The Hall–Kier alpha value is 0.0564. The maximum Gasteiger partial charge on any atom is 1.00 e. The van der Waals surface area contributed by atoms with Gasteiger partial charge in [0.25, 0.3) is 0 Å². The molecule has 1 saturated carbocycles. The summed E-state index contributed by atoms with van der Waals surface area (Å²) >= 11 is 0. The van der Waals surface area contributed by atoms with E-state index in [-0.39, 0.29) is 52.8 Å². The molecule has 1 aromatic rings. The smallest absolute Gasteiger partial charge is 1.00 e. The fourth-order valence-corrected chi connectivity index (χ4v) is 1.98. The van der Waals surface area contributed by atoms with Crippen molar-refractivity contribution < 1.29 is 57.7 Å². The van der Waals surface area contributed by atoms with E-state index in [1.165, 1.54) is 19.3 Å². The normalized spacial score (nSPS) is 17.3. The van der Waals surface area contributed by atoms with Gasteiger partial charge in [0.05, 0.1) is 5.22 Å². The van der Waals surface area contributed by atoms with Crippen molar-refractivity contribution in [3.63, 3.8) is 0 Å². The Morgan fingerprint density at radius 3 is 2.47 bits per heavy atom. The van der Waals surface area contributed by atoms with Gasteiger partial charge in [-0.3, -0.25) is 0 Å². The summed E-state index contributed by atoms with van der Waals surface area (Å²) in [6, 6.07) is 9.41. The summed E-state index contributed by atoms with van der Waals surface area (Å²) in [7, 11) is 0. The van der Waals surface area contributed by atoms with Gasteiger partial charge in [-0.1, -0.05) is 24.6 Å². The Morgan fingerprint density at radius 2 is 1.82 bits per heavy atom. The molecule has 0 radical (unpaired) electrons. The van der Waals surface area contributed by atoms with Crippen LogP contribution in [0.4, 0.5) is 5.69 Å². The molecular weight excluding hydrogens is 241 g/mol. The van der Waals surface area contributed by atoms with Crippen molar-refractivity contribution in [2.45, 2.75) is 38.1 Å². The zero-order chi connectivity index (χ0) is 11.2. The van der Waals surface area contributed by atoms with Gasteiger partial charge >= 0.3 is 51.4 Å². The van der Waals surface area contributed by atoms with Gasteiger partial charge in [0.2, 0.25) is 0 Å². The van der Waals surface area contributed by atoms with E-state index >= 15 is 0 Å². The fraction of sp³-hybridized carbons (Fsp3) is 0.500. The summed E-state index contributed by atoms with van der Waals surface area (Å²) in [5, 5.41) is 15.4. The van der Waals surface area contributed by atoms with E-state index in [4.69, 9.17) is 0 Å². The van der Waals surface area contributed by atoms with E-state index < -0.39 is 0 Å². The number of nitrogens with one attached hydrogen (secondary N) is 1. The van der Waals surface area contributed by atoms with E-state index in [0.29, 0.717) is 16.6 Å². The Bertz CT molecular complexity index is 356. The van der Waals surface area contributed by atoms with Crippen LogP contribution in [0.1, 0.15) is 33.5 Å². The second kappa shape index (κ2) is 8.21. The third-order valence-electron chi connectivity index (χ3n) is 2.91. The Kier molecular flexibility index (Phi) is 7.30. The SMILES string of the molecule is [H-].[K+].[O-]/[N+](=N\NC1CCCCC1)c1ccccc1. The molecule has 1 aliphatic rings. The van der Waals surface area contributed by atoms with Gasteiger partial charge in [-0.2, -0.15) is 5.43 Å². The van der Waals surface area contributed by atoms with Crippen LogP contribution in [-0.2, 0) is 0 Å². The van der Waals surface area contributed by atoms with Crippen LogP contribution in [0.5, 0.6) is 0 Å². The van der Waals surface area contributed by atoms with E-state index in [1.807, 2.05) is 18.2 Å². The Labute approximate surface area is 146 Å². The van der Waals surface area contributed by atoms with Crippen molar-refractivity contribution in [2.24, 2.45) is 5.22 Å². The molecule has 0 aliphatic heterocycles. The molecule has 1 aromatic carbocycles. The first-order chi connectivity index (χ1) is 7.86. The largest absolute Gasteiger partial charge is 1.00 e. The molecule has 1 N–H and O–H groups in total. The number of benzene rings is 1. The predicted molar refractivity (Wildman–Crippen MR) is 63.3 cm³/mol. The minimum absolute atomic E-state index is 0. The van der Waals surface area contributed by atoms with Crippen molar-refractivity contribution in [3.05, 3.63) is 35.5 Å². The first-order valence-electron chi connectivity index (χ1n) is 5.85. The van der Waals surface area contributed by atoms with E-state index in [2.05, 4.69) is 10.6 Å². The summed E-state index contributed by atoms with van der Waals surface area (Å²) in [6.07, 6.45) is 6.00. The monoisotopic (exact) mass is 259 g/mol. The number of rotatable bonds is 3. The van der Waals surface area contributed by atoms with Crippen LogP contribution in [0.2, 0.25) is 0 Å². The first kappa shape index (κ1) is 15.1. The quantitative estimate of drug-likeness (QED) is 0.366. The molecule has 0 atom stereocenters. The summed E-state index contributed by atoms with van der Waals surface area (Å²) in [4.78, 5) is 0.647. The minimum atomic E-state index is 0. The van der Waals surface area contributed by atoms with Crippen molar-refractivity contribution >= 4 is 5.69 Å². The molecule has 0 saturated heterocycles. The van der Waals surface area contributed by atoms with Gasteiger partial charge in [-0.15, -0.1) is 4.86 Å². The summed E-state index contributed by atoms with van der Waals surface area (Å²) in [5.41, 5.74) is 3.52. The third-order valence-corrected chi connectivity index (χ3v) is 2.91. The van der Waals surface area contributed by atoms with Gasteiger partial charge in [0, 0.05) is 0 Å². The molecule has 1 aliphatic carbocycles. The van der Waals surface area contributed by atoms with Crippen molar-refractivity contribution in [2.75, 3.05) is 0 Å². The van der Waals surface area contributed by atoms with Crippen LogP contribution in [0.15, 0.2) is 35.6 Å². The molecule has 0 amide bonds. The molecule has 5 heteroatoms. The van der Waals surface area contributed by atoms with Crippen molar-refractivity contribution in [1.29, 1.82) is 0 Å². The van der Waals surface area contributed by atoms with Crippen molar-refractivity contribution in [3.8, 4) is 0 Å². The van der Waals surface area contributed by atoms with Gasteiger partial charge < -0.3 is 6.63 Å². The molecule has 1 fully saturated rings. The zero-order valence-corrected chi connectivity index (χ0v) is 13.4. The van der Waals surface area contributed by atoms with Gasteiger partial charge in [-0.05, 0) is 37.8 Å². The van der Waals surface area contributed by atoms with Crippen LogP contribution in [0.3, 0.4) is 0 Å². The molecule has 17 heavy (non-hydrogen) atoms. The predicted octanol–water partition coefficient (Wildman–Crippen LogP) is 0.234. The summed E-state index contributed by atoms with van der Waals surface area (Å²) in [5.74, 6) is 0. The van der Waals surface area contributed by atoms with Gasteiger partial charge in [-0.25, -0.2) is 0 Å². The maximum atomic E-state index is 11.6. The van der Waals surface area contributed by atoms with Crippen LogP contribution < -0.4 is 56.8 Å². The second-order valence-electron chi connectivity index (χ2n) is 4.17. The molecule has 0 aromatic heterocycles. The average molecular weight is 259 g/mol. The molecular formula is C12H18KN3O. The van der Waals surface area contributed by atoms with Gasteiger partial charge in [0.15, 0.2) is 5.69 Å². The van der Waals surface area contributed by atoms with E-state index in [1.54, 1.807) is 12.1 Å². The van der Waals surface area contributed by atoms with Crippen molar-refractivity contribution in [1.82, 2.24) is 5.43 Å². The third kappa shape index (κ3) is 5.05. The minimum Gasteiger partial charge on any atom is -1.00 e. The van der Waals surface area contributed by atoms with Crippen LogP contribution in [0.25, 0.3) is 0 Å². The van der Waals surface area contributed by atoms with Gasteiger partial charge in [0.1, 0.15) is 6.04 Å². The molecule has 0 spiro atoms. The molecule has 4 nitrogen and oxygen atoms in total. The van der Waals surface area contributed by atoms with Crippen LogP contribution in [-0.4, -0.2) is 10.9 Å². The number of nitrogens with zero attached hydrogens (tertiary/aromatic N) is 2. The molecule has 0 heterocycles. The first-order valence-corrected chi connectivity index (χ1v) is 5.85. The van der Waals surface area contributed by atoms with E-state index in [9.17, 15) is 5.21 Å². The standard InChI is InChI=1S/C12H17N3O.K.H/c16-15(12-9-5-2-6-10-12)14-13-11-7-3-1-4-8-11;;/h2,5-6,9-11,13H,1,3-4,7-8H2;;/q;+1;-1/b15-14-;;. The average Bonchev–Trinajstić information content (AvgIpc) is 2.38. The number of hydrogen-bond donors (Lipinski definition) is 1. The number of hydrogen-bond acceptors (Lipinski definition) is 2. The number of para-hydroxylation sites is 1. The fourth-order valence-electron chi connectivity index (χ4n) is 1.98. The molecule has 0 bridgehead atoms. The van der Waals surface area contributed by atoms with Crippen LogP contribution in [0, 0.1) is 5.21 Å². The molecule has 0 unspecified atom stereocenters. The molecule has 88 valence electrons. The second-order valence-corrected chi connectivity index (χ2v) is 4.17. The maximum absolute atomic E-state index is 11.6.